The average Bonchev–Trinajstić information content (AvgIpc) is 2.33. The molecule has 3 heteroatoms. The minimum Gasteiger partial charge on any atom is -0.396 e. The molecule has 1 atom stereocenters. The summed E-state index contributed by atoms with van der Waals surface area (Å²) < 4.78 is 0. The second-order valence-electron chi connectivity index (χ2n) is 6.75. The number of hydrogen-bond donors (Lipinski definition) is 2. The molecule has 0 saturated carbocycles. The lowest BCUT2D eigenvalue weighted by atomic mass is 9.84. The Hall–Kier alpha value is -0.120. The number of rotatable bonds is 11. The van der Waals surface area contributed by atoms with Gasteiger partial charge in [-0.25, -0.2) is 0 Å². The van der Waals surface area contributed by atoms with Crippen molar-refractivity contribution in [3.8, 4) is 0 Å². The first-order chi connectivity index (χ1) is 8.91. The summed E-state index contributed by atoms with van der Waals surface area (Å²) in [5.41, 5.74) is 0.326. The maximum atomic E-state index is 8.76. The number of hydrogen-bond acceptors (Lipinski definition) is 3. The molecular weight excluding hydrogens is 236 g/mol. The van der Waals surface area contributed by atoms with Crippen molar-refractivity contribution in [3.05, 3.63) is 0 Å². The molecule has 116 valence electrons. The predicted molar refractivity (Wildman–Crippen MR) is 84.6 cm³/mol. The van der Waals surface area contributed by atoms with Crippen LogP contribution in [0.2, 0.25) is 0 Å². The van der Waals surface area contributed by atoms with Crippen LogP contribution in [0.3, 0.4) is 0 Å². The molecule has 0 saturated heterocycles. The molecule has 0 aromatic heterocycles. The normalized spacial score (nSPS) is 14.1. The highest BCUT2D eigenvalue weighted by molar-refractivity contribution is 4.81. The summed E-state index contributed by atoms with van der Waals surface area (Å²) in [5.74, 6) is 0. The highest BCUT2D eigenvalue weighted by Crippen LogP contribution is 2.22. The van der Waals surface area contributed by atoms with Gasteiger partial charge in [0, 0.05) is 12.6 Å². The van der Waals surface area contributed by atoms with E-state index < -0.39 is 0 Å². The van der Waals surface area contributed by atoms with E-state index in [9.17, 15) is 0 Å². The van der Waals surface area contributed by atoms with E-state index in [1.807, 2.05) is 0 Å². The quantitative estimate of drug-likeness (QED) is 0.568. The Morgan fingerprint density at radius 3 is 2.32 bits per heavy atom. The molecule has 3 nitrogen and oxygen atoms in total. The zero-order valence-corrected chi connectivity index (χ0v) is 13.8. The van der Waals surface area contributed by atoms with Crippen LogP contribution in [0.4, 0.5) is 0 Å². The monoisotopic (exact) mass is 272 g/mol. The van der Waals surface area contributed by atoms with Crippen molar-refractivity contribution in [1.29, 1.82) is 0 Å². The first-order valence-electron chi connectivity index (χ1n) is 7.94. The second kappa shape index (κ2) is 10.6. The number of unbranched alkanes of at least 4 members (excludes halogenated alkanes) is 2. The van der Waals surface area contributed by atoms with Gasteiger partial charge in [-0.3, -0.25) is 0 Å². The van der Waals surface area contributed by atoms with Crippen molar-refractivity contribution in [2.24, 2.45) is 5.41 Å². The lowest BCUT2D eigenvalue weighted by Crippen LogP contribution is -2.42. The third kappa shape index (κ3) is 10.3. The maximum absolute atomic E-state index is 8.76. The van der Waals surface area contributed by atoms with E-state index in [1.165, 1.54) is 19.3 Å². The first kappa shape index (κ1) is 18.9. The smallest absolute Gasteiger partial charge is 0.0431 e. The van der Waals surface area contributed by atoms with Crippen molar-refractivity contribution in [1.82, 2.24) is 10.2 Å². The molecule has 0 aliphatic rings. The van der Waals surface area contributed by atoms with Gasteiger partial charge in [-0.2, -0.15) is 0 Å². The Balaban J connectivity index is 3.89. The SMILES string of the molecule is CCCNC(CCN(C)CCCCCO)C(C)(C)C. The van der Waals surface area contributed by atoms with Gasteiger partial charge in [0.2, 0.25) is 0 Å². The highest BCUT2D eigenvalue weighted by Gasteiger charge is 2.23. The molecule has 19 heavy (non-hydrogen) atoms. The van der Waals surface area contributed by atoms with Crippen LogP contribution in [-0.2, 0) is 0 Å². The van der Waals surface area contributed by atoms with Crippen LogP contribution in [0, 0.1) is 5.41 Å². The third-order valence-electron chi connectivity index (χ3n) is 3.68. The van der Waals surface area contributed by atoms with Crippen LogP contribution in [0.5, 0.6) is 0 Å². The molecule has 1 unspecified atom stereocenters. The van der Waals surface area contributed by atoms with Gasteiger partial charge in [-0.15, -0.1) is 0 Å². The van der Waals surface area contributed by atoms with Gasteiger partial charge in [0.25, 0.3) is 0 Å². The third-order valence-corrected chi connectivity index (χ3v) is 3.68. The van der Waals surface area contributed by atoms with E-state index in [-0.39, 0.29) is 0 Å². The summed E-state index contributed by atoms with van der Waals surface area (Å²) in [6.45, 7) is 12.9. The fraction of sp³-hybridized carbons (Fsp3) is 1.00. The largest absolute Gasteiger partial charge is 0.396 e. The second-order valence-corrected chi connectivity index (χ2v) is 6.75. The first-order valence-corrected chi connectivity index (χ1v) is 7.94. The van der Waals surface area contributed by atoms with Crippen LogP contribution < -0.4 is 5.32 Å². The minimum absolute atomic E-state index is 0.326. The van der Waals surface area contributed by atoms with E-state index in [2.05, 4.69) is 45.0 Å². The lowest BCUT2D eigenvalue weighted by Gasteiger charge is -2.33. The standard InChI is InChI=1S/C16H36N2O/c1-6-11-17-15(16(2,3)4)10-13-18(5)12-8-7-9-14-19/h15,17,19H,6-14H2,1-5H3. The summed E-state index contributed by atoms with van der Waals surface area (Å²) in [5, 5.41) is 12.4. The highest BCUT2D eigenvalue weighted by atomic mass is 16.2. The van der Waals surface area contributed by atoms with E-state index in [0.29, 0.717) is 18.1 Å². The van der Waals surface area contributed by atoms with E-state index in [1.54, 1.807) is 0 Å². The Labute approximate surface area is 120 Å². The van der Waals surface area contributed by atoms with Gasteiger partial charge < -0.3 is 15.3 Å². The predicted octanol–water partition coefficient (Wildman–Crippen LogP) is 2.89. The minimum atomic E-state index is 0.326. The number of aliphatic hydroxyl groups is 1. The van der Waals surface area contributed by atoms with Gasteiger partial charge in [0.05, 0.1) is 0 Å². The summed E-state index contributed by atoms with van der Waals surface area (Å²) in [4.78, 5) is 2.42. The molecule has 0 amide bonds. The Morgan fingerprint density at radius 1 is 1.11 bits per heavy atom. The van der Waals surface area contributed by atoms with Gasteiger partial charge in [0.1, 0.15) is 0 Å². The van der Waals surface area contributed by atoms with Gasteiger partial charge >= 0.3 is 0 Å². The topological polar surface area (TPSA) is 35.5 Å². The molecule has 2 N–H and O–H groups in total. The van der Waals surface area contributed by atoms with E-state index in [4.69, 9.17) is 5.11 Å². The summed E-state index contributed by atoms with van der Waals surface area (Å²) >= 11 is 0. The summed E-state index contributed by atoms with van der Waals surface area (Å²) in [7, 11) is 2.21. The molecule has 0 aromatic carbocycles. The maximum Gasteiger partial charge on any atom is 0.0431 e. The Bertz CT molecular complexity index is 201. The van der Waals surface area contributed by atoms with E-state index >= 15 is 0 Å². The van der Waals surface area contributed by atoms with Crippen molar-refractivity contribution >= 4 is 0 Å². The lowest BCUT2D eigenvalue weighted by molar-refractivity contribution is 0.218. The Morgan fingerprint density at radius 2 is 1.79 bits per heavy atom. The van der Waals surface area contributed by atoms with Crippen LogP contribution in [0.25, 0.3) is 0 Å². The zero-order chi connectivity index (χ0) is 14.7. The molecule has 0 rings (SSSR count). The molecule has 0 aromatic rings. The fourth-order valence-electron chi connectivity index (χ4n) is 2.29. The number of aliphatic hydroxyl groups excluding tert-OH is 1. The molecule has 0 heterocycles. The zero-order valence-electron chi connectivity index (χ0n) is 13.8. The van der Waals surface area contributed by atoms with Crippen LogP contribution in [-0.4, -0.2) is 49.3 Å². The van der Waals surface area contributed by atoms with Crippen molar-refractivity contribution in [2.45, 2.75) is 65.8 Å². The van der Waals surface area contributed by atoms with Crippen LogP contribution in [0.15, 0.2) is 0 Å². The molecule has 0 bridgehead atoms. The van der Waals surface area contributed by atoms with Crippen LogP contribution in [0.1, 0.15) is 59.8 Å². The molecule has 0 aliphatic heterocycles. The van der Waals surface area contributed by atoms with E-state index in [0.717, 1.165) is 32.5 Å². The van der Waals surface area contributed by atoms with Gasteiger partial charge in [-0.05, 0) is 64.2 Å². The average molecular weight is 272 g/mol. The molecule has 0 radical (unpaired) electrons. The summed E-state index contributed by atoms with van der Waals surface area (Å²) in [6, 6.07) is 0.590. The summed E-state index contributed by atoms with van der Waals surface area (Å²) in [6.07, 6.45) is 5.68. The van der Waals surface area contributed by atoms with Crippen molar-refractivity contribution < 1.29 is 5.11 Å². The Kier molecular flexibility index (Phi) is 10.6. The molecule has 0 spiro atoms. The molecule has 0 fully saturated rings. The van der Waals surface area contributed by atoms with Gasteiger partial charge in [-0.1, -0.05) is 27.7 Å². The van der Waals surface area contributed by atoms with Crippen molar-refractivity contribution in [3.63, 3.8) is 0 Å². The van der Waals surface area contributed by atoms with Crippen molar-refractivity contribution in [2.75, 3.05) is 33.3 Å². The molecular formula is C16H36N2O. The number of nitrogens with one attached hydrogen (secondary N) is 1. The molecule has 0 aliphatic carbocycles. The van der Waals surface area contributed by atoms with Gasteiger partial charge in [0.15, 0.2) is 0 Å². The van der Waals surface area contributed by atoms with Crippen LogP contribution >= 0.6 is 0 Å². The number of nitrogens with zero attached hydrogens (tertiary/aromatic N) is 1. The fourth-order valence-corrected chi connectivity index (χ4v) is 2.29.